The van der Waals surface area contributed by atoms with Gasteiger partial charge in [0.2, 0.25) is 0 Å². The van der Waals surface area contributed by atoms with Crippen LogP contribution in [-0.4, -0.2) is 49.7 Å². The maximum absolute atomic E-state index is 12.3. The van der Waals surface area contributed by atoms with Crippen LogP contribution in [0.4, 0.5) is 0 Å². The van der Waals surface area contributed by atoms with Gasteiger partial charge in [-0.15, -0.1) is 0 Å². The van der Waals surface area contributed by atoms with Crippen molar-refractivity contribution in [3.8, 4) is 0 Å². The minimum Gasteiger partial charge on any atom is -0.469 e. The normalized spacial score (nSPS) is 11.5. The van der Waals surface area contributed by atoms with Crippen molar-refractivity contribution in [2.24, 2.45) is 5.92 Å². The Bertz CT molecular complexity index is 287. The van der Waals surface area contributed by atoms with Crippen LogP contribution >= 0.6 is 0 Å². The number of hydrogen-bond donors (Lipinski definition) is 0. The molecule has 0 aliphatic heterocycles. The number of carbonyl (C=O) groups excluding carboxylic acids is 2. The van der Waals surface area contributed by atoms with Crippen molar-refractivity contribution in [3.05, 3.63) is 0 Å². The Hall–Kier alpha value is -1.10. The molecule has 0 N–H and O–H groups in total. The first-order chi connectivity index (χ1) is 8.24. The molecule has 5 nitrogen and oxygen atoms in total. The van der Waals surface area contributed by atoms with E-state index < -0.39 is 5.60 Å². The molecule has 18 heavy (non-hydrogen) atoms. The molecule has 0 aliphatic rings. The molecule has 0 bridgehead atoms. The fourth-order valence-corrected chi connectivity index (χ4v) is 1.51. The molecule has 106 valence electrons. The van der Waals surface area contributed by atoms with Crippen molar-refractivity contribution in [3.63, 3.8) is 0 Å². The average molecular weight is 259 g/mol. The van der Waals surface area contributed by atoms with Crippen LogP contribution in [0.25, 0.3) is 0 Å². The Morgan fingerprint density at radius 1 is 1.22 bits per heavy atom. The van der Waals surface area contributed by atoms with Gasteiger partial charge in [-0.25, -0.2) is 0 Å². The lowest BCUT2D eigenvalue weighted by molar-refractivity contribution is -0.152. The summed E-state index contributed by atoms with van der Waals surface area (Å²) in [6.45, 7) is 8.46. The zero-order valence-corrected chi connectivity index (χ0v) is 12.3. The second-order valence-electron chi connectivity index (χ2n) is 5.19. The molecule has 0 heterocycles. The third-order valence-corrected chi connectivity index (χ3v) is 2.71. The first kappa shape index (κ1) is 16.9. The van der Waals surface area contributed by atoms with Crippen molar-refractivity contribution in [2.75, 3.05) is 27.3 Å². The molecule has 0 atom stereocenters. The van der Waals surface area contributed by atoms with Gasteiger partial charge >= 0.3 is 5.97 Å². The number of nitrogens with zero attached hydrogens (tertiary/aromatic N) is 1. The highest BCUT2D eigenvalue weighted by molar-refractivity contribution is 5.84. The van der Waals surface area contributed by atoms with E-state index in [1.165, 1.54) is 14.2 Å². The largest absolute Gasteiger partial charge is 0.469 e. The number of methoxy groups -OCH3 is 2. The van der Waals surface area contributed by atoms with E-state index in [2.05, 4.69) is 4.74 Å². The van der Waals surface area contributed by atoms with E-state index in [0.717, 1.165) is 0 Å². The first-order valence-corrected chi connectivity index (χ1v) is 6.16. The van der Waals surface area contributed by atoms with Crippen molar-refractivity contribution < 1.29 is 19.1 Å². The minimum absolute atomic E-state index is 0.109. The molecule has 0 saturated heterocycles. The number of rotatable bonds is 7. The van der Waals surface area contributed by atoms with Crippen LogP contribution in [0.2, 0.25) is 0 Å². The summed E-state index contributed by atoms with van der Waals surface area (Å²) >= 11 is 0. The van der Waals surface area contributed by atoms with Gasteiger partial charge in [0.1, 0.15) is 5.60 Å². The van der Waals surface area contributed by atoms with Gasteiger partial charge in [-0.2, -0.15) is 0 Å². The summed E-state index contributed by atoms with van der Waals surface area (Å²) < 4.78 is 9.78. The number of amides is 1. The number of esters is 1. The average Bonchev–Trinajstić information content (AvgIpc) is 2.32. The fraction of sp³-hybridized carbons (Fsp3) is 0.846. The second-order valence-corrected chi connectivity index (χ2v) is 5.19. The molecule has 0 aromatic heterocycles. The molecule has 0 saturated carbocycles. The molecule has 0 aromatic rings. The Morgan fingerprint density at radius 3 is 2.17 bits per heavy atom. The maximum atomic E-state index is 12.3. The summed E-state index contributed by atoms with van der Waals surface area (Å²) in [6, 6.07) is 0. The third kappa shape index (κ3) is 5.49. The zero-order valence-electron chi connectivity index (χ0n) is 12.3. The summed E-state index contributed by atoms with van der Waals surface area (Å²) in [5.74, 6) is -0.0892. The van der Waals surface area contributed by atoms with Gasteiger partial charge in [0.05, 0.1) is 13.5 Å². The molecule has 5 heteroatoms. The molecule has 0 unspecified atom stereocenters. The van der Waals surface area contributed by atoms with Crippen LogP contribution in [0.5, 0.6) is 0 Å². The topological polar surface area (TPSA) is 55.8 Å². The first-order valence-electron chi connectivity index (χ1n) is 6.16. The van der Waals surface area contributed by atoms with Gasteiger partial charge < -0.3 is 14.4 Å². The van der Waals surface area contributed by atoms with E-state index in [1.54, 1.807) is 18.7 Å². The molecule has 1 amide bonds. The molecule has 0 fully saturated rings. The van der Waals surface area contributed by atoms with E-state index in [4.69, 9.17) is 4.74 Å². The lowest BCUT2D eigenvalue weighted by atomic mass is 10.1. The van der Waals surface area contributed by atoms with Gasteiger partial charge in [-0.3, -0.25) is 9.59 Å². The predicted octanol–water partition coefficient (Wildman–Crippen LogP) is 1.46. The Balaban J connectivity index is 4.67. The molecule has 0 radical (unpaired) electrons. The van der Waals surface area contributed by atoms with E-state index >= 15 is 0 Å². The third-order valence-electron chi connectivity index (χ3n) is 2.71. The molecule has 0 aromatic carbocycles. The van der Waals surface area contributed by atoms with Crippen LogP contribution in [-0.2, 0) is 19.1 Å². The Labute approximate surface area is 109 Å². The van der Waals surface area contributed by atoms with Crippen molar-refractivity contribution in [1.29, 1.82) is 0 Å². The smallest absolute Gasteiger partial charge is 0.307 e. The van der Waals surface area contributed by atoms with E-state index in [1.807, 2.05) is 13.8 Å². The Morgan fingerprint density at radius 2 is 1.78 bits per heavy atom. The van der Waals surface area contributed by atoms with Crippen molar-refractivity contribution >= 4 is 11.9 Å². The summed E-state index contributed by atoms with van der Waals surface area (Å²) in [5.41, 5.74) is -0.870. The van der Waals surface area contributed by atoms with E-state index in [-0.39, 0.29) is 18.3 Å². The monoisotopic (exact) mass is 259 g/mol. The summed E-state index contributed by atoms with van der Waals surface area (Å²) in [6.07, 6.45) is 0.203. The molecule has 0 spiro atoms. The van der Waals surface area contributed by atoms with Gasteiger partial charge in [0, 0.05) is 20.2 Å². The van der Waals surface area contributed by atoms with E-state index in [0.29, 0.717) is 19.0 Å². The van der Waals surface area contributed by atoms with Crippen LogP contribution in [0.15, 0.2) is 0 Å². The van der Waals surface area contributed by atoms with Crippen LogP contribution in [0.1, 0.15) is 34.1 Å². The zero-order chi connectivity index (χ0) is 14.3. The van der Waals surface area contributed by atoms with Gasteiger partial charge in [0.25, 0.3) is 5.91 Å². The predicted molar refractivity (Wildman–Crippen MR) is 69.1 cm³/mol. The maximum Gasteiger partial charge on any atom is 0.307 e. The number of hydrogen-bond acceptors (Lipinski definition) is 4. The lowest BCUT2D eigenvalue weighted by Gasteiger charge is -2.32. The van der Waals surface area contributed by atoms with Crippen molar-refractivity contribution in [1.82, 2.24) is 4.90 Å². The standard InChI is InChI=1S/C13H25NO4/c1-10(2)9-14(8-7-11(15)17-5)12(16)13(3,4)18-6/h10H,7-9H2,1-6H3. The SMILES string of the molecule is COC(=O)CCN(CC(C)C)C(=O)C(C)(C)OC. The van der Waals surface area contributed by atoms with E-state index in [9.17, 15) is 9.59 Å². The van der Waals surface area contributed by atoms with Crippen LogP contribution in [0.3, 0.4) is 0 Å². The molecule has 0 aliphatic carbocycles. The molecular weight excluding hydrogens is 234 g/mol. The molecule has 0 rings (SSSR count). The van der Waals surface area contributed by atoms with Crippen LogP contribution < -0.4 is 0 Å². The van der Waals surface area contributed by atoms with Gasteiger partial charge in [-0.1, -0.05) is 13.8 Å². The fourth-order valence-electron chi connectivity index (χ4n) is 1.51. The highest BCUT2D eigenvalue weighted by Crippen LogP contribution is 2.14. The minimum atomic E-state index is -0.870. The molecular formula is C13H25NO4. The van der Waals surface area contributed by atoms with Crippen molar-refractivity contribution in [2.45, 2.75) is 39.7 Å². The Kier molecular flexibility index (Phi) is 6.91. The highest BCUT2D eigenvalue weighted by Gasteiger charge is 2.32. The lowest BCUT2D eigenvalue weighted by Crippen LogP contribution is -2.48. The van der Waals surface area contributed by atoms with Gasteiger partial charge in [-0.05, 0) is 19.8 Å². The van der Waals surface area contributed by atoms with Crippen LogP contribution in [0, 0.1) is 5.92 Å². The second kappa shape index (κ2) is 7.36. The summed E-state index contributed by atoms with van der Waals surface area (Å²) in [5, 5.41) is 0. The quantitative estimate of drug-likeness (QED) is 0.649. The summed E-state index contributed by atoms with van der Waals surface area (Å²) in [7, 11) is 2.85. The number of carbonyl (C=O) groups is 2. The number of ether oxygens (including phenoxy) is 2. The van der Waals surface area contributed by atoms with Gasteiger partial charge in [0.15, 0.2) is 0 Å². The summed E-state index contributed by atoms with van der Waals surface area (Å²) in [4.78, 5) is 25.1. The highest BCUT2D eigenvalue weighted by atomic mass is 16.5.